The van der Waals surface area contributed by atoms with Crippen LogP contribution >= 0.6 is 15.9 Å². The van der Waals surface area contributed by atoms with Gasteiger partial charge >= 0.3 is 6.03 Å². The monoisotopic (exact) mass is 271 g/mol. The van der Waals surface area contributed by atoms with E-state index in [1.807, 2.05) is 29.6 Å². The molecule has 3 amide bonds. The summed E-state index contributed by atoms with van der Waals surface area (Å²) in [5.74, 6) is -0.470. The highest BCUT2D eigenvalue weighted by atomic mass is 79.9. The smallest absolute Gasteiger partial charge is 0.318 e. The Morgan fingerprint density at radius 2 is 2.13 bits per heavy atom. The Morgan fingerprint density at radius 3 is 2.73 bits per heavy atom. The van der Waals surface area contributed by atoms with Crippen molar-refractivity contribution in [3.8, 4) is 0 Å². The van der Waals surface area contributed by atoms with Gasteiger partial charge < -0.3 is 11.1 Å². The Labute approximate surface area is 95.2 Å². The lowest BCUT2D eigenvalue weighted by Crippen LogP contribution is -2.38. The zero-order valence-electron chi connectivity index (χ0n) is 7.79. The second kappa shape index (κ2) is 5.35. The number of primary amides is 1. The summed E-state index contributed by atoms with van der Waals surface area (Å²) in [6.45, 7) is -0.000602. The van der Waals surface area contributed by atoms with Crippen LogP contribution in [0.3, 0.4) is 0 Å². The normalized spacial score (nSPS) is 9.40. The summed E-state index contributed by atoms with van der Waals surface area (Å²) in [5.41, 5.74) is 5.56. The van der Waals surface area contributed by atoms with Gasteiger partial charge in [-0.1, -0.05) is 22.0 Å². The van der Waals surface area contributed by atoms with Crippen LogP contribution < -0.4 is 16.4 Å². The largest absolute Gasteiger partial charge is 0.376 e. The Morgan fingerprint density at radius 1 is 1.40 bits per heavy atom. The number of rotatable bonds is 3. The Hall–Kier alpha value is -1.56. The molecule has 0 aliphatic rings. The molecule has 15 heavy (non-hydrogen) atoms. The van der Waals surface area contributed by atoms with E-state index in [1.54, 1.807) is 0 Å². The van der Waals surface area contributed by atoms with Gasteiger partial charge in [0.15, 0.2) is 0 Å². The van der Waals surface area contributed by atoms with E-state index in [2.05, 4.69) is 21.2 Å². The first kappa shape index (κ1) is 11.5. The molecule has 0 atom stereocenters. The van der Waals surface area contributed by atoms with Crippen LogP contribution in [0.25, 0.3) is 0 Å². The number of halogens is 1. The first-order valence-electron chi connectivity index (χ1n) is 4.16. The minimum Gasteiger partial charge on any atom is -0.376 e. The van der Waals surface area contributed by atoms with Crippen LogP contribution in [0, 0.1) is 0 Å². The van der Waals surface area contributed by atoms with Crippen LogP contribution in [0.15, 0.2) is 28.7 Å². The zero-order chi connectivity index (χ0) is 11.3. The van der Waals surface area contributed by atoms with E-state index in [0.717, 1.165) is 10.2 Å². The van der Waals surface area contributed by atoms with Crippen molar-refractivity contribution in [1.82, 2.24) is 5.32 Å². The highest BCUT2D eigenvalue weighted by Crippen LogP contribution is 2.14. The van der Waals surface area contributed by atoms with Crippen molar-refractivity contribution < 1.29 is 9.59 Å². The fourth-order valence-electron chi connectivity index (χ4n) is 0.962. The maximum absolute atomic E-state index is 11.0. The molecule has 0 fully saturated rings. The number of anilines is 1. The van der Waals surface area contributed by atoms with Gasteiger partial charge in [0.25, 0.3) is 0 Å². The number of urea groups is 1. The summed E-state index contributed by atoms with van der Waals surface area (Å²) < 4.78 is 0.905. The molecular formula is C9H10BrN3O2. The minimum absolute atomic E-state index is 0.000602. The summed E-state index contributed by atoms with van der Waals surface area (Å²) in [6.07, 6.45) is 0. The molecule has 5 nitrogen and oxygen atoms in total. The molecule has 4 N–H and O–H groups in total. The number of hydrogen-bond acceptors (Lipinski definition) is 3. The quantitative estimate of drug-likeness (QED) is 0.769. The molecule has 0 aromatic heterocycles. The molecule has 0 unspecified atom stereocenters. The second-order valence-electron chi connectivity index (χ2n) is 2.78. The van der Waals surface area contributed by atoms with Crippen molar-refractivity contribution in [3.05, 3.63) is 28.7 Å². The number of amides is 3. The van der Waals surface area contributed by atoms with E-state index >= 15 is 0 Å². The molecular weight excluding hydrogens is 262 g/mol. The summed E-state index contributed by atoms with van der Waals surface area (Å²) in [7, 11) is 0. The molecule has 0 saturated heterocycles. The highest BCUT2D eigenvalue weighted by Gasteiger charge is 2.03. The van der Waals surface area contributed by atoms with E-state index in [4.69, 9.17) is 5.73 Å². The molecule has 1 aromatic rings. The van der Waals surface area contributed by atoms with Crippen molar-refractivity contribution >= 4 is 33.6 Å². The average molecular weight is 272 g/mol. The number of imide groups is 1. The standard InChI is InChI=1S/C9H10BrN3O2/c10-6-2-1-3-7(4-6)12-5-8(14)13-9(11)15/h1-4,12H,5H2,(H3,11,13,14,15). The van der Waals surface area contributed by atoms with Crippen LogP contribution in [-0.2, 0) is 4.79 Å². The molecule has 0 bridgehead atoms. The van der Waals surface area contributed by atoms with Crippen molar-refractivity contribution in [3.63, 3.8) is 0 Å². The first-order valence-corrected chi connectivity index (χ1v) is 4.96. The van der Waals surface area contributed by atoms with E-state index in [9.17, 15) is 9.59 Å². The van der Waals surface area contributed by atoms with Crippen LogP contribution in [0.2, 0.25) is 0 Å². The van der Waals surface area contributed by atoms with E-state index in [-0.39, 0.29) is 6.54 Å². The fraction of sp³-hybridized carbons (Fsp3) is 0.111. The van der Waals surface area contributed by atoms with Gasteiger partial charge in [-0.2, -0.15) is 0 Å². The third kappa shape index (κ3) is 4.46. The van der Waals surface area contributed by atoms with Gasteiger partial charge in [0.1, 0.15) is 0 Å². The van der Waals surface area contributed by atoms with Crippen molar-refractivity contribution in [2.45, 2.75) is 0 Å². The molecule has 6 heteroatoms. The fourth-order valence-corrected chi connectivity index (χ4v) is 1.36. The number of nitrogens with one attached hydrogen (secondary N) is 2. The van der Waals surface area contributed by atoms with Gasteiger partial charge in [-0.05, 0) is 18.2 Å². The summed E-state index contributed by atoms with van der Waals surface area (Å²) in [4.78, 5) is 21.4. The van der Waals surface area contributed by atoms with Crippen molar-refractivity contribution in [1.29, 1.82) is 0 Å². The molecule has 0 aliphatic heterocycles. The molecule has 0 spiro atoms. The molecule has 0 heterocycles. The third-order valence-corrected chi connectivity index (χ3v) is 2.03. The lowest BCUT2D eigenvalue weighted by atomic mass is 10.3. The number of nitrogens with two attached hydrogens (primary N) is 1. The molecule has 1 aromatic carbocycles. The van der Waals surface area contributed by atoms with Gasteiger partial charge in [-0.3, -0.25) is 10.1 Å². The van der Waals surface area contributed by atoms with Crippen molar-refractivity contribution in [2.75, 3.05) is 11.9 Å². The van der Waals surface area contributed by atoms with Crippen molar-refractivity contribution in [2.24, 2.45) is 5.73 Å². The Balaban J connectivity index is 2.43. The van der Waals surface area contributed by atoms with Gasteiger partial charge in [0, 0.05) is 10.2 Å². The van der Waals surface area contributed by atoms with Crippen LogP contribution in [-0.4, -0.2) is 18.5 Å². The first-order chi connectivity index (χ1) is 7.08. The lowest BCUT2D eigenvalue weighted by molar-refractivity contribution is -0.118. The molecule has 0 saturated carbocycles. The minimum atomic E-state index is -0.851. The highest BCUT2D eigenvalue weighted by molar-refractivity contribution is 9.10. The summed E-state index contributed by atoms with van der Waals surface area (Å²) >= 11 is 3.29. The van der Waals surface area contributed by atoms with Gasteiger partial charge in [-0.15, -0.1) is 0 Å². The predicted molar refractivity (Wildman–Crippen MR) is 60.4 cm³/mol. The molecule has 1 rings (SSSR count). The van der Waals surface area contributed by atoms with E-state index in [1.165, 1.54) is 0 Å². The Bertz CT molecular complexity index is 381. The van der Waals surface area contributed by atoms with E-state index < -0.39 is 11.9 Å². The lowest BCUT2D eigenvalue weighted by Gasteiger charge is -2.05. The van der Waals surface area contributed by atoms with E-state index in [0.29, 0.717) is 0 Å². The third-order valence-electron chi connectivity index (χ3n) is 1.54. The molecule has 0 aliphatic carbocycles. The number of carbonyl (C=O) groups is 2. The Kier molecular flexibility index (Phi) is 4.11. The van der Waals surface area contributed by atoms with Gasteiger partial charge in [-0.25, -0.2) is 4.79 Å². The SMILES string of the molecule is NC(=O)NC(=O)CNc1cccc(Br)c1. The second-order valence-corrected chi connectivity index (χ2v) is 3.69. The number of benzene rings is 1. The summed E-state index contributed by atoms with van der Waals surface area (Å²) in [6, 6.07) is 6.48. The zero-order valence-corrected chi connectivity index (χ0v) is 9.37. The maximum Gasteiger partial charge on any atom is 0.318 e. The average Bonchev–Trinajstić information content (AvgIpc) is 2.14. The molecule has 80 valence electrons. The van der Waals surface area contributed by atoms with Crippen LogP contribution in [0.5, 0.6) is 0 Å². The predicted octanol–water partition coefficient (Wildman–Crippen LogP) is 1.06. The molecule has 0 radical (unpaired) electrons. The number of hydrogen-bond donors (Lipinski definition) is 3. The summed E-state index contributed by atoms with van der Waals surface area (Å²) in [5, 5.41) is 4.79. The van der Waals surface area contributed by atoms with Gasteiger partial charge in [0.2, 0.25) is 5.91 Å². The van der Waals surface area contributed by atoms with Crippen LogP contribution in [0.4, 0.5) is 10.5 Å². The maximum atomic E-state index is 11.0. The number of carbonyl (C=O) groups excluding carboxylic acids is 2. The van der Waals surface area contributed by atoms with Gasteiger partial charge in [0.05, 0.1) is 6.54 Å². The topological polar surface area (TPSA) is 84.2 Å². The van der Waals surface area contributed by atoms with Crippen LogP contribution in [0.1, 0.15) is 0 Å².